The molecule has 3 heterocycles. The van der Waals surface area contributed by atoms with Crippen LogP contribution in [-0.2, 0) is 29.1 Å². The summed E-state index contributed by atoms with van der Waals surface area (Å²) in [6.07, 6.45) is 4.55. The lowest BCUT2D eigenvalue weighted by molar-refractivity contribution is -0.128. The number of benzene rings is 1. The third kappa shape index (κ3) is 3.85. The number of amides is 2. The first-order valence-corrected chi connectivity index (χ1v) is 10.1. The maximum atomic E-state index is 12.8. The van der Waals surface area contributed by atoms with Crippen molar-refractivity contribution < 1.29 is 9.59 Å². The average molecular weight is 391 g/mol. The number of carbonyl (C=O) groups excluding carboxylic acids is 2. The van der Waals surface area contributed by atoms with E-state index in [1.165, 1.54) is 0 Å². The Morgan fingerprint density at radius 3 is 2.86 bits per heavy atom. The predicted molar refractivity (Wildman–Crippen MR) is 111 cm³/mol. The van der Waals surface area contributed by atoms with Crippen LogP contribution in [0.4, 0.5) is 5.69 Å². The van der Waals surface area contributed by atoms with Crippen LogP contribution in [0.5, 0.6) is 0 Å². The Bertz CT molecular complexity index is 1040. The lowest BCUT2D eigenvalue weighted by Gasteiger charge is -2.16. The number of aromatic nitrogens is 3. The Hall–Kier alpha value is -3.22. The van der Waals surface area contributed by atoms with Crippen molar-refractivity contribution in [2.45, 2.75) is 39.8 Å². The van der Waals surface area contributed by atoms with Crippen molar-refractivity contribution >= 4 is 28.5 Å². The number of hydrogen-bond acceptors (Lipinski definition) is 4. The quantitative estimate of drug-likeness (QED) is 0.700. The SMILES string of the molecule is CCc1nc2cc(NC(=O)[C@@H]3CC(=O)N(Cc4cccnc4)C3)ccc2n1CC. The summed E-state index contributed by atoms with van der Waals surface area (Å²) in [6.45, 7) is 5.96. The Kier molecular flexibility index (Phi) is 5.29. The van der Waals surface area contributed by atoms with Crippen LogP contribution in [0.2, 0.25) is 0 Å². The number of aryl methyl sites for hydroxylation is 2. The smallest absolute Gasteiger partial charge is 0.229 e. The van der Waals surface area contributed by atoms with Crippen LogP contribution < -0.4 is 5.32 Å². The molecule has 1 saturated heterocycles. The maximum absolute atomic E-state index is 12.8. The van der Waals surface area contributed by atoms with Gasteiger partial charge >= 0.3 is 0 Å². The van der Waals surface area contributed by atoms with Gasteiger partial charge in [0.1, 0.15) is 5.82 Å². The molecule has 0 saturated carbocycles. The highest BCUT2D eigenvalue weighted by Gasteiger charge is 2.34. The number of fused-ring (bicyclic) bond motifs is 1. The second-order valence-corrected chi connectivity index (χ2v) is 7.36. The summed E-state index contributed by atoms with van der Waals surface area (Å²) in [5.74, 6) is 0.559. The van der Waals surface area contributed by atoms with E-state index >= 15 is 0 Å². The van der Waals surface area contributed by atoms with E-state index in [-0.39, 0.29) is 24.2 Å². The molecule has 3 aromatic rings. The fraction of sp³-hybridized carbons (Fsp3) is 0.364. The number of pyridine rings is 1. The highest BCUT2D eigenvalue weighted by molar-refractivity contribution is 5.98. The van der Waals surface area contributed by atoms with Gasteiger partial charge in [0.2, 0.25) is 11.8 Å². The van der Waals surface area contributed by atoms with Crippen molar-refractivity contribution in [2.24, 2.45) is 5.92 Å². The van der Waals surface area contributed by atoms with E-state index in [1.807, 2.05) is 30.3 Å². The minimum absolute atomic E-state index is 0.00117. The molecule has 2 aromatic heterocycles. The topological polar surface area (TPSA) is 80.1 Å². The first-order chi connectivity index (χ1) is 14.1. The minimum atomic E-state index is -0.353. The van der Waals surface area contributed by atoms with Crippen molar-refractivity contribution in [2.75, 3.05) is 11.9 Å². The number of likely N-dealkylation sites (tertiary alicyclic amines) is 1. The number of carbonyl (C=O) groups is 2. The van der Waals surface area contributed by atoms with Gasteiger partial charge in [-0.25, -0.2) is 4.98 Å². The summed E-state index contributed by atoms with van der Waals surface area (Å²) in [5, 5.41) is 2.97. The molecule has 2 amide bonds. The molecule has 150 valence electrons. The fourth-order valence-corrected chi connectivity index (χ4v) is 3.94. The zero-order valence-electron chi connectivity index (χ0n) is 16.8. The van der Waals surface area contributed by atoms with Crippen LogP contribution in [0, 0.1) is 5.92 Å². The number of rotatable bonds is 6. The van der Waals surface area contributed by atoms with Crippen LogP contribution in [0.1, 0.15) is 31.7 Å². The summed E-state index contributed by atoms with van der Waals surface area (Å²) in [7, 11) is 0. The van der Waals surface area contributed by atoms with Crippen molar-refractivity contribution in [1.82, 2.24) is 19.4 Å². The second-order valence-electron chi connectivity index (χ2n) is 7.36. The molecular formula is C22H25N5O2. The van der Waals surface area contributed by atoms with E-state index in [9.17, 15) is 9.59 Å². The van der Waals surface area contributed by atoms with Gasteiger partial charge in [-0.1, -0.05) is 13.0 Å². The standard InChI is InChI=1S/C22H25N5O2/c1-3-20-25-18-11-17(7-8-19(18)27(20)4-2)24-22(29)16-10-21(28)26(14-16)13-15-6-5-9-23-12-15/h5-9,11-12,16H,3-4,10,13-14H2,1-2H3,(H,24,29)/t16-/m1/s1. The predicted octanol–water partition coefficient (Wildman–Crippen LogP) is 3.00. The van der Waals surface area contributed by atoms with E-state index in [0.29, 0.717) is 18.8 Å². The Labute approximate surface area is 169 Å². The third-order valence-corrected chi connectivity index (χ3v) is 5.41. The summed E-state index contributed by atoms with van der Waals surface area (Å²) in [4.78, 5) is 35.6. The van der Waals surface area contributed by atoms with Gasteiger partial charge in [-0.05, 0) is 36.8 Å². The number of imidazole rings is 1. The van der Waals surface area contributed by atoms with Crippen LogP contribution in [-0.4, -0.2) is 37.8 Å². The van der Waals surface area contributed by atoms with Gasteiger partial charge in [-0.3, -0.25) is 14.6 Å². The zero-order chi connectivity index (χ0) is 20.4. The monoisotopic (exact) mass is 391 g/mol. The molecule has 0 spiro atoms. The second kappa shape index (κ2) is 8.03. The fourth-order valence-electron chi connectivity index (χ4n) is 3.94. The summed E-state index contributed by atoms with van der Waals surface area (Å²) < 4.78 is 2.19. The Morgan fingerprint density at radius 1 is 1.28 bits per heavy atom. The van der Waals surface area contributed by atoms with Gasteiger partial charge in [0, 0.05) is 50.6 Å². The number of nitrogens with one attached hydrogen (secondary N) is 1. The molecule has 0 unspecified atom stereocenters. The summed E-state index contributed by atoms with van der Waals surface area (Å²) in [6, 6.07) is 9.58. The molecule has 1 fully saturated rings. The zero-order valence-corrected chi connectivity index (χ0v) is 16.8. The average Bonchev–Trinajstić information content (AvgIpc) is 3.28. The van der Waals surface area contributed by atoms with Crippen molar-refractivity contribution in [3.8, 4) is 0 Å². The van der Waals surface area contributed by atoms with Crippen molar-refractivity contribution in [3.63, 3.8) is 0 Å². The molecule has 1 aromatic carbocycles. The van der Waals surface area contributed by atoms with Crippen molar-refractivity contribution in [1.29, 1.82) is 0 Å². The van der Waals surface area contributed by atoms with Gasteiger partial charge in [0.15, 0.2) is 0 Å². The molecule has 1 aliphatic heterocycles. The molecule has 1 N–H and O–H groups in total. The largest absolute Gasteiger partial charge is 0.337 e. The van der Waals surface area contributed by atoms with Crippen molar-refractivity contribution in [3.05, 3.63) is 54.1 Å². The number of anilines is 1. The Balaban J connectivity index is 1.44. The molecule has 7 heteroatoms. The van der Waals surface area contributed by atoms with Gasteiger partial charge < -0.3 is 14.8 Å². The van der Waals surface area contributed by atoms with Gasteiger partial charge in [-0.15, -0.1) is 0 Å². The first kappa shape index (κ1) is 19.1. The Morgan fingerprint density at radius 2 is 2.14 bits per heavy atom. The molecule has 7 nitrogen and oxygen atoms in total. The first-order valence-electron chi connectivity index (χ1n) is 10.1. The van der Waals surface area contributed by atoms with E-state index in [2.05, 4.69) is 33.7 Å². The molecule has 1 aliphatic rings. The van der Waals surface area contributed by atoms with Gasteiger partial charge in [0.05, 0.1) is 17.0 Å². The summed E-state index contributed by atoms with van der Waals surface area (Å²) in [5.41, 5.74) is 3.62. The highest BCUT2D eigenvalue weighted by Crippen LogP contribution is 2.24. The molecule has 0 bridgehead atoms. The van der Waals surface area contributed by atoms with Crippen LogP contribution in [0.25, 0.3) is 11.0 Å². The van der Waals surface area contributed by atoms with E-state index in [1.54, 1.807) is 17.3 Å². The molecule has 0 aliphatic carbocycles. The highest BCUT2D eigenvalue weighted by atomic mass is 16.2. The van der Waals surface area contributed by atoms with Gasteiger partial charge in [-0.2, -0.15) is 0 Å². The van der Waals surface area contributed by atoms with E-state index in [4.69, 9.17) is 0 Å². The molecule has 1 atom stereocenters. The van der Waals surface area contributed by atoms with E-state index < -0.39 is 0 Å². The number of hydrogen-bond donors (Lipinski definition) is 1. The van der Waals surface area contributed by atoms with Crippen LogP contribution in [0.15, 0.2) is 42.7 Å². The van der Waals surface area contributed by atoms with E-state index in [0.717, 1.165) is 35.4 Å². The molecular weight excluding hydrogens is 366 g/mol. The van der Waals surface area contributed by atoms with Gasteiger partial charge in [0.25, 0.3) is 0 Å². The lowest BCUT2D eigenvalue weighted by atomic mass is 10.1. The minimum Gasteiger partial charge on any atom is -0.337 e. The molecule has 0 radical (unpaired) electrons. The van der Waals surface area contributed by atoms with Crippen LogP contribution in [0.3, 0.4) is 0 Å². The molecule has 29 heavy (non-hydrogen) atoms. The molecule has 4 rings (SSSR count). The normalized spacial score (nSPS) is 16.6. The summed E-state index contributed by atoms with van der Waals surface area (Å²) >= 11 is 0. The third-order valence-electron chi connectivity index (χ3n) is 5.41. The number of nitrogens with zero attached hydrogens (tertiary/aromatic N) is 4. The van der Waals surface area contributed by atoms with Crippen LogP contribution >= 0.6 is 0 Å². The lowest BCUT2D eigenvalue weighted by Crippen LogP contribution is -2.28. The maximum Gasteiger partial charge on any atom is 0.229 e.